The van der Waals surface area contributed by atoms with E-state index >= 15 is 0 Å². The maximum Gasteiger partial charge on any atom is 0.237 e. The van der Waals surface area contributed by atoms with E-state index in [1.807, 2.05) is 12.1 Å². The second kappa shape index (κ2) is 5.31. The quantitative estimate of drug-likeness (QED) is 0.479. The van der Waals surface area contributed by atoms with Gasteiger partial charge in [0.2, 0.25) is 5.91 Å². The van der Waals surface area contributed by atoms with E-state index in [1.54, 1.807) is 13.0 Å². The number of carbonyl (C=O) groups excluding carboxylic acids is 1. The summed E-state index contributed by atoms with van der Waals surface area (Å²) < 4.78 is 13.5. The summed E-state index contributed by atoms with van der Waals surface area (Å²) in [5, 5.41) is 0. The monoisotopic (exact) mass is 248 g/mol. The van der Waals surface area contributed by atoms with Crippen LogP contribution in [0.1, 0.15) is 30.4 Å². The van der Waals surface area contributed by atoms with Crippen molar-refractivity contribution in [2.75, 3.05) is 0 Å². The van der Waals surface area contributed by atoms with Crippen LogP contribution in [-0.2, 0) is 4.79 Å². The molecule has 0 spiro atoms. The normalized spacial score (nSPS) is 19.3. The Morgan fingerprint density at radius 2 is 2.28 bits per heavy atom. The molecule has 18 heavy (non-hydrogen) atoms. The topological polar surface area (TPSA) is 55.1 Å². The first-order valence-corrected chi connectivity index (χ1v) is 6.08. The highest BCUT2D eigenvalue weighted by molar-refractivity contribution is 5.80. The lowest BCUT2D eigenvalue weighted by Crippen LogP contribution is -2.36. The molecule has 0 fully saturated rings. The van der Waals surface area contributed by atoms with Gasteiger partial charge >= 0.3 is 0 Å². The fourth-order valence-corrected chi connectivity index (χ4v) is 2.39. The van der Waals surface area contributed by atoms with Gasteiger partial charge in [0, 0.05) is 5.92 Å². The smallest absolute Gasteiger partial charge is 0.237 e. The van der Waals surface area contributed by atoms with Crippen LogP contribution in [-0.4, -0.2) is 5.91 Å². The highest BCUT2D eigenvalue weighted by atomic mass is 19.1. The van der Waals surface area contributed by atoms with E-state index in [4.69, 9.17) is 5.84 Å². The Hall–Kier alpha value is -1.68. The molecule has 0 saturated carbocycles. The van der Waals surface area contributed by atoms with Gasteiger partial charge in [-0.1, -0.05) is 18.2 Å². The summed E-state index contributed by atoms with van der Waals surface area (Å²) >= 11 is 0. The van der Waals surface area contributed by atoms with Crippen molar-refractivity contribution in [1.82, 2.24) is 5.43 Å². The number of amides is 1. The van der Waals surface area contributed by atoms with Crippen molar-refractivity contribution >= 4 is 11.5 Å². The number of allylic oxidation sites excluding steroid dienone is 2. The summed E-state index contributed by atoms with van der Waals surface area (Å²) in [5.41, 5.74) is 4.92. The van der Waals surface area contributed by atoms with Gasteiger partial charge in [0.15, 0.2) is 0 Å². The molecule has 1 atom stereocenters. The number of nitrogens with one attached hydrogen (secondary N) is 1. The van der Waals surface area contributed by atoms with Gasteiger partial charge < -0.3 is 0 Å². The number of benzene rings is 1. The molecule has 1 aliphatic rings. The van der Waals surface area contributed by atoms with Crippen molar-refractivity contribution in [3.63, 3.8) is 0 Å². The Kier molecular flexibility index (Phi) is 3.77. The van der Waals surface area contributed by atoms with Gasteiger partial charge in [-0.05, 0) is 49.0 Å². The standard InChI is InChI=1S/C14H17FN2O/c1-9-12(3-2-4-13(9)15)10-5-7-11(8-6-10)14(18)17-16/h2-5,11H,6-8,16H2,1H3,(H,17,18). The molecule has 2 rings (SSSR count). The van der Waals surface area contributed by atoms with Crippen molar-refractivity contribution in [1.29, 1.82) is 0 Å². The van der Waals surface area contributed by atoms with Crippen LogP contribution in [0.2, 0.25) is 0 Å². The summed E-state index contributed by atoms with van der Waals surface area (Å²) in [4.78, 5) is 11.4. The first-order valence-electron chi connectivity index (χ1n) is 6.08. The molecule has 3 nitrogen and oxygen atoms in total. The number of halogens is 1. The largest absolute Gasteiger partial charge is 0.294 e. The second-order valence-electron chi connectivity index (χ2n) is 4.62. The maximum absolute atomic E-state index is 13.5. The predicted octanol–water partition coefficient (Wildman–Crippen LogP) is 2.31. The zero-order valence-electron chi connectivity index (χ0n) is 10.4. The van der Waals surface area contributed by atoms with E-state index in [9.17, 15) is 9.18 Å². The lowest BCUT2D eigenvalue weighted by atomic mass is 9.85. The summed E-state index contributed by atoms with van der Waals surface area (Å²) in [6.45, 7) is 1.78. The van der Waals surface area contributed by atoms with Gasteiger partial charge in [-0.3, -0.25) is 10.2 Å². The van der Waals surface area contributed by atoms with E-state index in [0.717, 1.165) is 24.0 Å². The van der Waals surface area contributed by atoms with Crippen molar-refractivity contribution in [2.45, 2.75) is 26.2 Å². The summed E-state index contributed by atoms with van der Waals surface area (Å²) in [6.07, 6.45) is 4.21. The van der Waals surface area contributed by atoms with E-state index in [1.165, 1.54) is 6.07 Å². The summed E-state index contributed by atoms with van der Waals surface area (Å²) in [6, 6.07) is 5.11. The third-order valence-corrected chi connectivity index (χ3v) is 3.54. The zero-order chi connectivity index (χ0) is 13.1. The number of nitrogens with two attached hydrogens (primary N) is 1. The van der Waals surface area contributed by atoms with Crippen LogP contribution in [0.4, 0.5) is 4.39 Å². The van der Waals surface area contributed by atoms with Crippen LogP contribution in [0.15, 0.2) is 24.3 Å². The van der Waals surface area contributed by atoms with Gasteiger partial charge in [-0.25, -0.2) is 10.2 Å². The maximum atomic E-state index is 13.5. The fraction of sp³-hybridized carbons (Fsp3) is 0.357. The Morgan fingerprint density at radius 3 is 2.89 bits per heavy atom. The van der Waals surface area contributed by atoms with E-state index in [2.05, 4.69) is 5.43 Å². The van der Waals surface area contributed by atoms with Crippen molar-refractivity contribution in [3.05, 3.63) is 41.2 Å². The van der Waals surface area contributed by atoms with Gasteiger partial charge in [0.25, 0.3) is 0 Å². The number of carbonyl (C=O) groups is 1. The molecule has 0 heterocycles. The van der Waals surface area contributed by atoms with Crippen molar-refractivity contribution in [3.8, 4) is 0 Å². The van der Waals surface area contributed by atoms with Gasteiger partial charge in [0.05, 0.1) is 0 Å². The summed E-state index contributed by atoms with van der Waals surface area (Å²) in [5.74, 6) is 4.75. The molecule has 0 bridgehead atoms. The third kappa shape index (κ3) is 2.43. The zero-order valence-corrected chi connectivity index (χ0v) is 10.4. The molecule has 0 radical (unpaired) electrons. The van der Waals surface area contributed by atoms with Crippen LogP contribution in [0.5, 0.6) is 0 Å². The van der Waals surface area contributed by atoms with Crippen LogP contribution >= 0.6 is 0 Å². The highest BCUT2D eigenvalue weighted by Crippen LogP contribution is 2.32. The van der Waals surface area contributed by atoms with Crippen LogP contribution in [0, 0.1) is 18.7 Å². The fourth-order valence-electron chi connectivity index (χ4n) is 2.39. The van der Waals surface area contributed by atoms with Crippen molar-refractivity contribution in [2.24, 2.45) is 11.8 Å². The molecule has 1 aliphatic carbocycles. The SMILES string of the molecule is Cc1c(F)cccc1C1=CCC(C(=O)NN)CC1. The molecule has 1 aromatic rings. The summed E-state index contributed by atoms with van der Waals surface area (Å²) in [7, 11) is 0. The molecule has 96 valence electrons. The second-order valence-corrected chi connectivity index (χ2v) is 4.62. The first-order chi connectivity index (χ1) is 8.63. The van der Waals surface area contributed by atoms with E-state index in [-0.39, 0.29) is 17.6 Å². The number of hydrogen-bond acceptors (Lipinski definition) is 2. The minimum atomic E-state index is -0.185. The van der Waals surface area contributed by atoms with Gasteiger partial charge in [-0.2, -0.15) is 0 Å². The number of hydrogen-bond donors (Lipinski definition) is 2. The van der Waals surface area contributed by atoms with E-state index in [0.29, 0.717) is 12.0 Å². The minimum absolute atomic E-state index is 0.0624. The van der Waals surface area contributed by atoms with Gasteiger partial charge in [-0.15, -0.1) is 0 Å². The Bertz CT molecular complexity index is 497. The van der Waals surface area contributed by atoms with E-state index < -0.39 is 0 Å². The van der Waals surface area contributed by atoms with Crippen molar-refractivity contribution < 1.29 is 9.18 Å². The Balaban J connectivity index is 2.19. The lowest BCUT2D eigenvalue weighted by molar-refractivity contribution is -0.125. The number of rotatable bonds is 2. The molecular formula is C14H17FN2O. The third-order valence-electron chi connectivity index (χ3n) is 3.54. The molecule has 0 aliphatic heterocycles. The molecule has 1 aromatic carbocycles. The average Bonchev–Trinajstić information content (AvgIpc) is 2.41. The number of hydrazine groups is 1. The molecule has 1 unspecified atom stereocenters. The highest BCUT2D eigenvalue weighted by Gasteiger charge is 2.22. The minimum Gasteiger partial charge on any atom is -0.294 e. The van der Waals surface area contributed by atoms with Crippen LogP contribution in [0.25, 0.3) is 5.57 Å². The average molecular weight is 248 g/mol. The molecule has 1 amide bonds. The Labute approximate surface area is 106 Å². The lowest BCUT2D eigenvalue weighted by Gasteiger charge is -2.21. The molecular weight excluding hydrogens is 231 g/mol. The van der Waals surface area contributed by atoms with Gasteiger partial charge in [0.1, 0.15) is 5.82 Å². The molecule has 0 saturated heterocycles. The van der Waals surface area contributed by atoms with Crippen LogP contribution in [0.3, 0.4) is 0 Å². The first kappa shape index (κ1) is 12.8. The molecule has 3 N–H and O–H groups in total. The molecule has 4 heteroatoms. The Morgan fingerprint density at radius 1 is 1.50 bits per heavy atom. The predicted molar refractivity (Wildman–Crippen MR) is 68.8 cm³/mol. The molecule has 0 aromatic heterocycles. The van der Waals surface area contributed by atoms with Crippen LogP contribution < -0.4 is 11.3 Å².